The molecule has 334 valence electrons. The second kappa shape index (κ2) is 16.2. The van der Waals surface area contributed by atoms with Crippen molar-refractivity contribution in [3.63, 3.8) is 0 Å². The largest absolute Gasteiger partial charge is 0.310 e. The Hall–Kier alpha value is -9.25. The zero-order valence-corrected chi connectivity index (χ0v) is 38.8. The summed E-state index contributed by atoms with van der Waals surface area (Å²) in [5.41, 5.74) is 18.2. The number of hydrogen-bond acceptors (Lipinski definition) is 3. The highest BCUT2D eigenvalue weighted by Crippen LogP contribution is 2.60. The molecular weight excluding hydrogens is 861 g/mol. The maximum atomic E-state index is 4.94. The minimum Gasteiger partial charge on any atom is -0.310 e. The van der Waals surface area contributed by atoms with E-state index in [-0.39, 0.29) is 0 Å². The first-order chi connectivity index (χ1) is 35.3. The summed E-state index contributed by atoms with van der Waals surface area (Å²) in [6.45, 7) is 0. The lowest BCUT2D eigenvalue weighted by Crippen LogP contribution is -2.38. The minimum atomic E-state index is -0.635. The van der Waals surface area contributed by atoms with Gasteiger partial charge >= 0.3 is 0 Å². The molecule has 2 aliphatic rings. The van der Waals surface area contributed by atoms with Crippen molar-refractivity contribution >= 4 is 55.9 Å². The van der Waals surface area contributed by atoms with E-state index in [1.54, 1.807) is 0 Å². The quantitative estimate of drug-likeness (QED) is 0.159. The van der Waals surface area contributed by atoms with Crippen LogP contribution < -0.4 is 9.80 Å². The maximum Gasteiger partial charge on any atom is 0.0743 e. The molecular formula is C67H46N4. The summed E-state index contributed by atoms with van der Waals surface area (Å²) in [5, 5.41) is 2.43. The molecule has 0 radical (unpaired) electrons. The molecule has 4 heterocycles. The van der Waals surface area contributed by atoms with E-state index in [1.165, 1.54) is 49.7 Å². The van der Waals surface area contributed by atoms with E-state index in [0.717, 1.165) is 56.4 Å². The van der Waals surface area contributed by atoms with Gasteiger partial charge in [0.1, 0.15) is 0 Å². The number of anilines is 6. The molecule has 0 bridgehead atoms. The van der Waals surface area contributed by atoms with E-state index in [1.807, 2.05) is 6.20 Å². The molecule has 12 aromatic rings. The van der Waals surface area contributed by atoms with Gasteiger partial charge in [0.25, 0.3) is 0 Å². The monoisotopic (exact) mass is 906 g/mol. The highest BCUT2D eigenvalue weighted by atomic mass is 15.2. The van der Waals surface area contributed by atoms with Gasteiger partial charge < -0.3 is 14.4 Å². The van der Waals surface area contributed by atoms with Crippen molar-refractivity contribution in [1.82, 2.24) is 9.55 Å². The van der Waals surface area contributed by atoms with Gasteiger partial charge in [0, 0.05) is 17.0 Å². The first kappa shape index (κ1) is 40.8. The van der Waals surface area contributed by atoms with E-state index < -0.39 is 10.8 Å². The van der Waals surface area contributed by atoms with Crippen LogP contribution in [-0.4, -0.2) is 9.55 Å². The minimum absolute atomic E-state index is 0.603. The second-order valence-corrected chi connectivity index (χ2v) is 18.7. The van der Waals surface area contributed by atoms with Crippen LogP contribution in [0.15, 0.2) is 279 Å². The number of hydrogen-bond donors (Lipinski definition) is 0. The SMILES string of the molecule is c1ccc(C2(c3ccccc3)c3ccccc3N(c3cc(N4c5ccccc5C(c5ccccc5)(c5ccccc5)c5ccncc54)cc(-n4c5ccccc5c5ccccc54)c3)c3ccccc32)cc1. The van der Waals surface area contributed by atoms with E-state index in [2.05, 4.69) is 287 Å². The van der Waals surface area contributed by atoms with Crippen molar-refractivity contribution in [2.24, 2.45) is 0 Å². The molecule has 0 amide bonds. The van der Waals surface area contributed by atoms with Gasteiger partial charge in [0.05, 0.1) is 67.9 Å². The first-order valence-corrected chi connectivity index (χ1v) is 24.5. The fourth-order valence-corrected chi connectivity index (χ4v) is 12.4. The Morgan fingerprint density at radius 1 is 0.282 bits per heavy atom. The molecule has 4 heteroatoms. The molecule has 0 N–H and O–H groups in total. The highest BCUT2D eigenvalue weighted by molar-refractivity contribution is 6.09. The lowest BCUT2D eigenvalue weighted by atomic mass is 9.62. The summed E-state index contributed by atoms with van der Waals surface area (Å²) in [6, 6.07) is 98.2. The lowest BCUT2D eigenvalue weighted by Gasteiger charge is -2.47. The van der Waals surface area contributed by atoms with Crippen LogP contribution in [0.5, 0.6) is 0 Å². The normalized spacial score (nSPS) is 14.1. The van der Waals surface area contributed by atoms with Crippen LogP contribution in [0.2, 0.25) is 0 Å². The van der Waals surface area contributed by atoms with Gasteiger partial charge in [-0.2, -0.15) is 0 Å². The second-order valence-electron chi connectivity index (χ2n) is 18.7. The highest BCUT2D eigenvalue weighted by Gasteiger charge is 2.48. The number of para-hydroxylation sites is 5. The lowest BCUT2D eigenvalue weighted by molar-refractivity contribution is 0.728. The van der Waals surface area contributed by atoms with Crippen LogP contribution in [0.25, 0.3) is 27.5 Å². The number of nitrogens with zero attached hydrogens (tertiary/aromatic N) is 4. The summed E-state index contributed by atoms with van der Waals surface area (Å²) < 4.78 is 2.45. The van der Waals surface area contributed by atoms with Gasteiger partial charge in [-0.25, -0.2) is 0 Å². The molecule has 0 aliphatic carbocycles. The van der Waals surface area contributed by atoms with Gasteiger partial charge in [0.2, 0.25) is 0 Å². The molecule has 0 unspecified atom stereocenters. The van der Waals surface area contributed by atoms with Crippen LogP contribution in [0, 0.1) is 0 Å². The van der Waals surface area contributed by atoms with Gasteiger partial charge in [-0.15, -0.1) is 0 Å². The third-order valence-electron chi connectivity index (χ3n) is 15.2. The molecule has 0 saturated heterocycles. The van der Waals surface area contributed by atoms with E-state index in [9.17, 15) is 0 Å². The van der Waals surface area contributed by atoms with Crippen molar-refractivity contribution in [2.75, 3.05) is 9.80 Å². The van der Waals surface area contributed by atoms with Crippen LogP contribution in [0.1, 0.15) is 44.5 Å². The fourth-order valence-electron chi connectivity index (χ4n) is 12.4. The predicted octanol–water partition coefficient (Wildman–Crippen LogP) is 16.5. The Morgan fingerprint density at radius 3 is 1.03 bits per heavy atom. The van der Waals surface area contributed by atoms with E-state index in [0.29, 0.717) is 0 Å². The zero-order chi connectivity index (χ0) is 46.9. The average Bonchev–Trinajstić information content (AvgIpc) is 3.79. The Bertz CT molecular complexity index is 3520. The van der Waals surface area contributed by atoms with Gasteiger partial charge in [0.15, 0.2) is 0 Å². The molecule has 0 saturated carbocycles. The third kappa shape index (κ3) is 5.89. The molecule has 71 heavy (non-hydrogen) atoms. The van der Waals surface area contributed by atoms with Crippen molar-refractivity contribution < 1.29 is 0 Å². The molecule has 2 aliphatic heterocycles. The summed E-state index contributed by atoms with van der Waals surface area (Å²) in [6.07, 6.45) is 4.02. The average molecular weight is 907 g/mol. The molecule has 0 atom stereocenters. The summed E-state index contributed by atoms with van der Waals surface area (Å²) in [5.74, 6) is 0. The standard InChI is InChI=1S/C67H46N4/c1-5-23-47(24-6-1)66(48-25-7-2-8-26-48)56-33-15-20-38-62(56)70(63-39-21-16-34-57(63)66)52-43-51(69-60-36-18-13-31-54(60)55-32-14-19-37-61(55)69)44-53(45-52)71-64-40-22-17-35-58(64)67(49-27-9-3-10-28-49,50-29-11-4-12-30-50)59-41-42-68-46-65(59)71/h1-46H. The smallest absolute Gasteiger partial charge is 0.0743 e. The third-order valence-corrected chi connectivity index (χ3v) is 15.2. The van der Waals surface area contributed by atoms with Crippen molar-refractivity contribution in [1.29, 1.82) is 0 Å². The van der Waals surface area contributed by atoms with Gasteiger partial charge in [-0.1, -0.05) is 212 Å². The van der Waals surface area contributed by atoms with Crippen LogP contribution in [-0.2, 0) is 10.8 Å². The van der Waals surface area contributed by atoms with Crippen LogP contribution >= 0.6 is 0 Å². The number of pyridine rings is 1. The summed E-state index contributed by atoms with van der Waals surface area (Å²) in [7, 11) is 0. The molecule has 0 fully saturated rings. The fraction of sp³-hybridized carbons (Fsp3) is 0.0299. The molecule has 4 nitrogen and oxygen atoms in total. The number of aromatic nitrogens is 2. The Morgan fingerprint density at radius 2 is 0.606 bits per heavy atom. The zero-order valence-electron chi connectivity index (χ0n) is 38.8. The Balaban J connectivity index is 1.09. The van der Waals surface area contributed by atoms with Crippen LogP contribution in [0.4, 0.5) is 34.1 Å². The molecule has 10 aromatic carbocycles. The maximum absolute atomic E-state index is 4.94. The van der Waals surface area contributed by atoms with Crippen LogP contribution in [0.3, 0.4) is 0 Å². The predicted molar refractivity (Wildman–Crippen MR) is 292 cm³/mol. The van der Waals surface area contributed by atoms with E-state index >= 15 is 0 Å². The topological polar surface area (TPSA) is 24.3 Å². The number of benzene rings is 10. The van der Waals surface area contributed by atoms with Gasteiger partial charge in [-0.05, 0) is 99.1 Å². The summed E-state index contributed by atoms with van der Waals surface area (Å²) in [4.78, 5) is 9.91. The Kier molecular flexibility index (Phi) is 9.30. The number of fused-ring (bicyclic) bond motifs is 7. The molecule has 14 rings (SSSR count). The van der Waals surface area contributed by atoms with Crippen molar-refractivity contribution in [2.45, 2.75) is 10.8 Å². The summed E-state index contributed by atoms with van der Waals surface area (Å²) >= 11 is 0. The van der Waals surface area contributed by atoms with E-state index in [4.69, 9.17) is 4.98 Å². The number of rotatable bonds is 7. The first-order valence-electron chi connectivity index (χ1n) is 24.5. The van der Waals surface area contributed by atoms with Gasteiger partial charge in [-0.3, -0.25) is 4.98 Å². The van der Waals surface area contributed by atoms with Crippen molar-refractivity contribution in [3.05, 3.63) is 324 Å². The molecule has 0 spiro atoms. The van der Waals surface area contributed by atoms with Crippen molar-refractivity contribution in [3.8, 4) is 5.69 Å². The Labute approximate surface area is 413 Å². The molecule has 2 aromatic heterocycles.